The van der Waals surface area contributed by atoms with E-state index in [1.54, 1.807) is 6.20 Å². The number of carbonyl (C=O) groups is 1. The van der Waals surface area contributed by atoms with Crippen LogP contribution in [0.3, 0.4) is 0 Å². The van der Waals surface area contributed by atoms with Gasteiger partial charge in [0.25, 0.3) is 5.91 Å². The number of aromatic nitrogens is 4. The van der Waals surface area contributed by atoms with Crippen molar-refractivity contribution < 1.29 is 4.79 Å². The first kappa shape index (κ1) is 19.4. The standard InChI is InChI=1S/C21H24N6OS/c1-3-17-20(29-26-25-17)21(28)27-8-6-14(7-9-27)18-11-16(10-13(2)24-18)15-4-5-19(22)23-12-15/h4-5,10-12,14H,3,6-9H2,1-2H3,(H2,22,23). The van der Waals surface area contributed by atoms with E-state index in [1.807, 2.05) is 30.9 Å². The number of nitrogens with two attached hydrogens (primary N) is 1. The number of anilines is 1. The van der Waals surface area contributed by atoms with E-state index in [2.05, 4.69) is 26.7 Å². The molecule has 150 valence electrons. The van der Waals surface area contributed by atoms with Crippen molar-refractivity contribution in [3.05, 3.63) is 52.4 Å². The van der Waals surface area contributed by atoms with Crippen LogP contribution < -0.4 is 5.73 Å². The number of carbonyl (C=O) groups excluding carboxylic acids is 1. The second-order valence-electron chi connectivity index (χ2n) is 7.36. The minimum absolute atomic E-state index is 0.0566. The molecular weight excluding hydrogens is 384 g/mol. The topological polar surface area (TPSA) is 97.9 Å². The van der Waals surface area contributed by atoms with Crippen LogP contribution >= 0.6 is 11.5 Å². The van der Waals surface area contributed by atoms with Crippen molar-refractivity contribution >= 4 is 23.3 Å². The molecule has 0 saturated carbocycles. The maximum atomic E-state index is 12.8. The Morgan fingerprint density at radius 3 is 2.72 bits per heavy atom. The molecule has 0 aromatic carbocycles. The summed E-state index contributed by atoms with van der Waals surface area (Å²) < 4.78 is 3.95. The lowest BCUT2D eigenvalue weighted by Crippen LogP contribution is -2.38. The lowest BCUT2D eigenvalue weighted by molar-refractivity contribution is 0.0715. The van der Waals surface area contributed by atoms with Gasteiger partial charge in [0.15, 0.2) is 0 Å². The lowest BCUT2D eigenvalue weighted by Gasteiger charge is -2.31. The summed E-state index contributed by atoms with van der Waals surface area (Å²) in [5.74, 6) is 0.907. The first-order valence-corrected chi connectivity index (χ1v) is 10.6. The number of pyridine rings is 2. The molecule has 3 aromatic heterocycles. The van der Waals surface area contributed by atoms with Crippen LogP contribution in [0.4, 0.5) is 5.82 Å². The number of piperidine rings is 1. The molecule has 0 spiro atoms. The Morgan fingerprint density at radius 2 is 2.03 bits per heavy atom. The molecule has 0 unspecified atom stereocenters. The van der Waals surface area contributed by atoms with Gasteiger partial charge in [-0.25, -0.2) is 4.98 Å². The van der Waals surface area contributed by atoms with E-state index in [4.69, 9.17) is 10.7 Å². The molecule has 1 aliphatic heterocycles. The summed E-state index contributed by atoms with van der Waals surface area (Å²) in [6, 6.07) is 8.01. The van der Waals surface area contributed by atoms with Crippen LogP contribution in [0.15, 0.2) is 30.5 Å². The average molecular weight is 409 g/mol. The number of likely N-dealkylation sites (tertiary alicyclic amines) is 1. The lowest BCUT2D eigenvalue weighted by atomic mass is 9.91. The Kier molecular flexibility index (Phi) is 5.53. The monoisotopic (exact) mass is 408 g/mol. The molecule has 0 aliphatic carbocycles. The predicted molar refractivity (Wildman–Crippen MR) is 114 cm³/mol. The van der Waals surface area contributed by atoms with Crippen molar-refractivity contribution in [1.82, 2.24) is 24.5 Å². The van der Waals surface area contributed by atoms with Crippen molar-refractivity contribution in [2.24, 2.45) is 0 Å². The van der Waals surface area contributed by atoms with Crippen molar-refractivity contribution in [1.29, 1.82) is 0 Å². The van der Waals surface area contributed by atoms with Crippen LogP contribution in [0, 0.1) is 6.92 Å². The summed E-state index contributed by atoms with van der Waals surface area (Å²) in [6.45, 7) is 5.45. The zero-order chi connectivity index (χ0) is 20.4. The van der Waals surface area contributed by atoms with Crippen molar-refractivity contribution in [3.8, 4) is 11.1 Å². The average Bonchev–Trinajstić information content (AvgIpc) is 3.22. The molecule has 1 saturated heterocycles. The summed E-state index contributed by atoms with van der Waals surface area (Å²) in [6.07, 6.45) is 4.32. The van der Waals surface area contributed by atoms with Crippen LogP contribution in [-0.2, 0) is 6.42 Å². The highest BCUT2D eigenvalue weighted by molar-refractivity contribution is 7.08. The first-order valence-electron chi connectivity index (χ1n) is 9.86. The molecule has 3 aromatic rings. The highest BCUT2D eigenvalue weighted by atomic mass is 32.1. The highest BCUT2D eigenvalue weighted by Crippen LogP contribution is 2.31. The molecular formula is C21H24N6OS. The zero-order valence-corrected chi connectivity index (χ0v) is 17.4. The quantitative estimate of drug-likeness (QED) is 0.710. The number of amides is 1. The fourth-order valence-electron chi connectivity index (χ4n) is 3.77. The van der Waals surface area contributed by atoms with E-state index >= 15 is 0 Å². The SMILES string of the molecule is CCc1nnsc1C(=O)N1CCC(c2cc(-c3ccc(N)nc3)cc(C)n2)CC1. The van der Waals surface area contributed by atoms with Crippen LogP contribution in [-0.4, -0.2) is 43.5 Å². The number of hydrogen-bond acceptors (Lipinski definition) is 7. The van der Waals surface area contributed by atoms with Gasteiger partial charge in [-0.3, -0.25) is 9.78 Å². The van der Waals surface area contributed by atoms with Gasteiger partial charge in [0, 0.05) is 42.2 Å². The van der Waals surface area contributed by atoms with E-state index in [-0.39, 0.29) is 5.91 Å². The fourth-order valence-corrected chi connectivity index (χ4v) is 4.49. The van der Waals surface area contributed by atoms with Crippen molar-refractivity contribution in [2.45, 2.75) is 39.0 Å². The minimum Gasteiger partial charge on any atom is -0.384 e. The third-order valence-electron chi connectivity index (χ3n) is 5.38. The summed E-state index contributed by atoms with van der Waals surface area (Å²) in [7, 11) is 0. The van der Waals surface area contributed by atoms with Crippen molar-refractivity contribution in [2.75, 3.05) is 18.8 Å². The Balaban J connectivity index is 1.48. The summed E-state index contributed by atoms with van der Waals surface area (Å²) >= 11 is 1.20. The van der Waals surface area contributed by atoms with Gasteiger partial charge in [0.05, 0.1) is 5.69 Å². The Morgan fingerprint density at radius 1 is 1.24 bits per heavy atom. The molecule has 7 nitrogen and oxygen atoms in total. The smallest absolute Gasteiger partial charge is 0.267 e. The summed E-state index contributed by atoms with van der Waals surface area (Å²) in [4.78, 5) is 24.4. The van der Waals surface area contributed by atoms with Gasteiger partial charge in [-0.2, -0.15) is 0 Å². The molecule has 1 amide bonds. The van der Waals surface area contributed by atoms with Crippen LogP contribution in [0.1, 0.15) is 52.4 Å². The Bertz CT molecular complexity index is 1010. The van der Waals surface area contributed by atoms with Crippen molar-refractivity contribution in [3.63, 3.8) is 0 Å². The largest absolute Gasteiger partial charge is 0.384 e. The molecule has 1 aliphatic rings. The molecule has 4 rings (SSSR count). The highest BCUT2D eigenvalue weighted by Gasteiger charge is 2.28. The molecule has 29 heavy (non-hydrogen) atoms. The van der Waals surface area contributed by atoms with Gasteiger partial charge in [-0.05, 0) is 67.5 Å². The van der Waals surface area contributed by atoms with Gasteiger partial charge < -0.3 is 10.6 Å². The minimum atomic E-state index is 0.0566. The number of aryl methyl sites for hydroxylation is 2. The predicted octanol–water partition coefficient (Wildman–Crippen LogP) is 3.47. The van der Waals surface area contributed by atoms with Gasteiger partial charge in [0.2, 0.25) is 0 Å². The molecule has 2 N–H and O–H groups in total. The molecule has 0 bridgehead atoms. The van der Waals surface area contributed by atoms with E-state index in [9.17, 15) is 4.79 Å². The van der Waals surface area contributed by atoms with E-state index in [0.29, 0.717) is 16.6 Å². The molecule has 1 fully saturated rings. The maximum Gasteiger partial charge on any atom is 0.267 e. The fraction of sp³-hybridized carbons (Fsp3) is 0.381. The second kappa shape index (κ2) is 8.24. The third-order valence-corrected chi connectivity index (χ3v) is 6.13. The molecule has 0 atom stereocenters. The maximum absolute atomic E-state index is 12.8. The van der Waals surface area contributed by atoms with Gasteiger partial charge in [-0.1, -0.05) is 11.4 Å². The van der Waals surface area contributed by atoms with E-state index < -0.39 is 0 Å². The molecule has 4 heterocycles. The summed E-state index contributed by atoms with van der Waals surface area (Å²) in [5, 5.41) is 4.06. The van der Waals surface area contributed by atoms with Crippen LogP contribution in [0.5, 0.6) is 0 Å². The van der Waals surface area contributed by atoms with Gasteiger partial charge in [0.1, 0.15) is 10.7 Å². The Labute approximate surface area is 174 Å². The third kappa shape index (κ3) is 4.12. The van der Waals surface area contributed by atoms with Crippen LogP contribution in [0.25, 0.3) is 11.1 Å². The first-order chi connectivity index (χ1) is 14.0. The zero-order valence-electron chi connectivity index (χ0n) is 16.6. The van der Waals surface area contributed by atoms with Crippen LogP contribution in [0.2, 0.25) is 0 Å². The second-order valence-corrected chi connectivity index (χ2v) is 8.12. The molecule has 8 heteroatoms. The number of nitrogen functional groups attached to an aromatic ring is 1. The van der Waals surface area contributed by atoms with Gasteiger partial charge >= 0.3 is 0 Å². The number of hydrogen-bond donors (Lipinski definition) is 1. The number of rotatable bonds is 4. The normalized spacial score (nSPS) is 14.9. The number of nitrogens with zero attached hydrogens (tertiary/aromatic N) is 5. The van der Waals surface area contributed by atoms with Gasteiger partial charge in [-0.15, -0.1) is 5.10 Å². The summed E-state index contributed by atoms with van der Waals surface area (Å²) in [5.41, 5.74) is 10.7. The van der Waals surface area contributed by atoms with E-state index in [1.165, 1.54) is 11.5 Å². The molecule has 0 radical (unpaired) electrons. The van der Waals surface area contributed by atoms with E-state index in [0.717, 1.165) is 60.6 Å². The Hall–Kier alpha value is -2.87.